The van der Waals surface area contributed by atoms with E-state index in [2.05, 4.69) is 5.32 Å². The second kappa shape index (κ2) is 6.05. The van der Waals surface area contributed by atoms with Crippen LogP contribution in [-0.2, 0) is 6.42 Å². The lowest BCUT2D eigenvalue weighted by Crippen LogP contribution is -2.17. The van der Waals surface area contributed by atoms with Crippen molar-refractivity contribution in [1.82, 2.24) is 0 Å². The summed E-state index contributed by atoms with van der Waals surface area (Å²) < 4.78 is 0. The maximum Gasteiger partial charge on any atom is 0.0604 e. The van der Waals surface area contributed by atoms with Crippen LogP contribution in [-0.4, -0.2) is 11.2 Å². The first-order valence-corrected chi connectivity index (χ1v) is 7.85. The Balaban J connectivity index is 2.03. The molecular weight excluding hydrogens is 329 g/mol. The number of halogens is 3. The lowest BCUT2D eigenvalue weighted by molar-refractivity contribution is 0.161. The molecule has 1 aliphatic rings. The van der Waals surface area contributed by atoms with Gasteiger partial charge in [-0.1, -0.05) is 40.9 Å². The Morgan fingerprint density at radius 2 is 1.76 bits per heavy atom. The summed E-state index contributed by atoms with van der Waals surface area (Å²) in [6.07, 6.45) is 0.617. The molecule has 0 bridgehead atoms. The van der Waals surface area contributed by atoms with Crippen LogP contribution in [0, 0.1) is 0 Å². The van der Waals surface area contributed by atoms with Gasteiger partial charge in [-0.25, -0.2) is 0 Å². The summed E-state index contributed by atoms with van der Waals surface area (Å²) in [4.78, 5) is 0. The quantitative estimate of drug-likeness (QED) is 0.755. The van der Waals surface area contributed by atoms with E-state index in [4.69, 9.17) is 34.8 Å². The third-order valence-corrected chi connectivity index (χ3v) is 4.60. The van der Waals surface area contributed by atoms with Gasteiger partial charge in [0.05, 0.1) is 12.1 Å². The number of anilines is 1. The molecule has 0 spiro atoms. The highest BCUT2D eigenvalue weighted by Gasteiger charge is 2.26. The van der Waals surface area contributed by atoms with E-state index in [0.717, 1.165) is 16.8 Å². The van der Waals surface area contributed by atoms with Crippen molar-refractivity contribution >= 4 is 40.5 Å². The third kappa shape index (κ3) is 3.14. The first kappa shape index (κ1) is 15.0. The fourth-order valence-corrected chi connectivity index (χ4v) is 3.62. The highest BCUT2D eigenvalue weighted by molar-refractivity contribution is 6.36. The van der Waals surface area contributed by atoms with Crippen LogP contribution in [0.5, 0.6) is 0 Å². The molecule has 0 aliphatic carbocycles. The van der Waals surface area contributed by atoms with Gasteiger partial charge >= 0.3 is 0 Å². The Morgan fingerprint density at radius 3 is 2.48 bits per heavy atom. The Labute approximate surface area is 138 Å². The predicted octanol–water partition coefficient (Wildman–Crippen LogP) is 5.11. The molecule has 110 valence electrons. The molecule has 21 heavy (non-hydrogen) atoms. The van der Waals surface area contributed by atoms with Gasteiger partial charge in [0, 0.05) is 32.7 Å². The first-order valence-electron chi connectivity index (χ1n) is 6.71. The van der Waals surface area contributed by atoms with Gasteiger partial charge in [-0.2, -0.15) is 0 Å². The minimum Gasteiger partial charge on any atom is -0.393 e. The van der Waals surface area contributed by atoms with Crippen LogP contribution in [0.2, 0.25) is 15.1 Å². The molecule has 0 saturated heterocycles. The van der Waals surface area contributed by atoms with E-state index >= 15 is 0 Å². The van der Waals surface area contributed by atoms with Gasteiger partial charge in [-0.05, 0) is 42.3 Å². The molecule has 5 heteroatoms. The Hall–Kier alpha value is -0.930. The van der Waals surface area contributed by atoms with Gasteiger partial charge in [0.25, 0.3) is 0 Å². The molecule has 2 aromatic rings. The van der Waals surface area contributed by atoms with E-state index in [1.807, 2.05) is 36.4 Å². The number of nitrogens with one attached hydrogen (secondary N) is 1. The standard InChI is InChI=1S/C16H14Cl3NO/c17-10-4-5-14-9(6-10)7-11(21)8-15(20-14)16-12(18)2-1-3-13(16)19/h1-6,11,15,20-21H,7-8H2/t11-,15+/m1/s1. The zero-order chi connectivity index (χ0) is 15.0. The minimum atomic E-state index is -0.477. The summed E-state index contributed by atoms with van der Waals surface area (Å²) in [5.41, 5.74) is 2.78. The summed E-state index contributed by atoms with van der Waals surface area (Å²) in [6.45, 7) is 0. The molecule has 0 aromatic heterocycles. The Bertz CT molecular complexity index is 654. The van der Waals surface area contributed by atoms with Gasteiger partial charge in [-0.3, -0.25) is 0 Å². The molecule has 0 fully saturated rings. The van der Waals surface area contributed by atoms with Gasteiger partial charge in [-0.15, -0.1) is 0 Å². The SMILES string of the molecule is O[C@@H]1Cc2cc(Cl)ccc2N[C@H](c2c(Cl)cccc2Cl)C1. The number of aliphatic hydroxyl groups is 1. The zero-order valence-electron chi connectivity index (χ0n) is 11.1. The molecule has 2 N–H and O–H groups in total. The van der Waals surface area contributed by atoms with Gasteiger partial charge in [0.2, 0.25) is 0 Å². The molecule has 2 atom stereocenters. The maximum absolute atomic E-state index is 10.3. The van der Waals surface area contributed by atoms with Crippen molar-refractivity contribution in [3.8, 4) is 0 Å². The summed E-state index contributed by atoms with van der Waals surface area (Å²) >= 11 is 18.6. The van der Waals surface area contributed by atoms with Crippen LogP contribution in [0.1, 0.15) is 23.6 Å². The fraction of sp³-hybridized carbons (Fsp3) is 0.250. The Morgan fingerprint density at radius 1 is 1.05 bits per heavy atom. The highest BCUT2D eigenvalue weighted by Crippen LogP contribution is 2.38. The number of rotatable bonds is 1. The van der Waals surface area contributed by atoms with E-state index in [0.29, 0.717) is 27.9 Å². The van der Waals surface area contributed by atoms with Crippen molar-refractivity contribution in [2.45, 2.75) is 25.0 Å². The lowest BCUT2D eigenvalue weighted by Gasteiger charge is -2.22. The first-order chi connectivity index (χ1) is 10.0. The zero-order valence-corrected chi connectivity index (χ0v) is 13.4. The lowest BCUT2D eigenvalue weighted by atomic mass is 9.99. The van der Waals surface area contributed by atoms with Crippen molar-refractivity contribution in [2.24, 2.45) is 0 Å². The van der Waals surface area contributed by atoms with E-state index in [1.54, 1.807) is 0 Å². The van der Waals surface area contributed by atoms with E-state index in [9.17, 15) is 5.11 Å². The largest absolute Gasteiger partial charge is 0.393 e. The molecule has 0 unspecified atom stereocenters. The molecule has 1 heterocycles. The maximum atomic E-state index is 10.3. The average Bonchev–Trinajstić information content (AvgIpc) is 2.56. The number of aliphatic hydroxyl groups excluding tert-OH is 1. The van der Waals surface area contributed by atoms with Crippen molar-refractivity contribution in [2.75, 3.05) is 5.32 Å². The van der Waals surface area contributed by atoms with Crippen LogP contribution in [0.25, 0.3) is 0 Å². The Kier molecular flexibility index (Phi) is 4.32. The van der Waals surface area contributed by atoms with Crippen molar-refractivity contribution in [1.29, 1.82) is 0 Å². The molecule has 2 aromatic carbocycles. The van der Waals surface area contributed by atoms with Gasteiger partial charge in [0.15, 0.2) is 0 Å². The number of hydrogen-bond donors (Lipinski definition) is 2. The summed E-state index contributed by atoms with van der Waals surface area (Å²) in [5, 5.41) is 15.6. The molecule has 0 amide bonds. The number of fused-ring (bicyclic) bond motifs is 1. The average molecular weight is 343 g/mol. The third-order valence-electron chi connectivity index (χ3n) is 3.71. The fourth-order valence-electron chi connectivity index (χ4n) is 2.76. The molecule has 0 saturated carbocycles. The minimum absolute atomic E-state index is 0.136. The smallest absolute Gasteiger partial charge is 0.0604 e. The summed E-state index contributed by atoms with van der Waals surface area (Å²) in [5.74, 6) is 0. The van der Waals surface area contributed by atoms with Gasteiger partial charge < -0.3 is 10.4 Å². The predicted molar refractivity (Wildman–Crippen MR) is 88.6 cm³/mol. The van der Waals surface area contributed by atoms with Crippen LogP contribution in [0.4, 0.5) is 5.69 Å². The summed E-state index contributed by atoms with van der Waals surface area (Å²) in [7, 11) is 0. The monoisotopic (exact) mass is 341 g/mol. The van der Waals surface area contributed by atoms with Crippen molar-refractivity contribution < 1.29 is 5.11 Å². The second-order valence-electron chi connectivity index (χ2n) is 5.23. The molecule has 1 aliphatic heterocycles. The highest BCUT2D eigenvalue weighted by atomic mass is 35.5. The summed E-state index contributed by atoms with van der Waals surface area (Å²) in [6, 6.07) is 10.9. The second-order valence-corrected chi connectivity index (χ2v) is 6.48. The number of benzene rings is 2. The molecule has 3 rings (SSSR count). The van der Waals surface area contributed by atoms with Crippen molar-refractivity contribution in [3.63, 3.8) is 0 Å². The van der Waals surface area contributed by atoms with Crippen LogP contribution in [0.3, 0.4) is 0 Å². The molecule has 0 radical (unpaired) electrons. The van der Waals surface area contributed by atoms with E-state index < -0.39 is 6.10 Å². The van der Waals surface area contributed by atoms with Crippen molar-refractivity contribution in [3.05, 3.63) is 62.6 Å². The number of hydrogen-bond acceptors (Lipinski definition) is 2. The van der Waals surface area contributed by atoms with E-state index in [1.165, 1.54) is 0 Å². The molecular formula is C16H14Cl3NO. The van der Waals surface area contributed by atoms with E-state index in [-0.39, 0.29) is 6.04 Å². The van der Waals surface area contributed by atoms with Crippen LogP contribution in [0.15, 0.2) is 36.4 Å². The van der Waals surface area contributed by atoms with Gasteiger partial charge in [0.1, 0.15) is 0 Å². The molecule has 2 nitrogen and oxygen atoms in total. The normalized spacial score (nSPS) is 21.3. The van der Waals surface area contributed by atoms with Crippen LogP contribution < -0.4 is 5.32 Å². The topological polar surface area (TPSA) is 32.3 Å². The van der Waals surface area contributed by atoms with Crippen LogP contribution >= 0.6 is 34.8 Å².